The monoisotopic (exact) mass is 278 g/mol. The molecule has 1 aliphatic heterocycles. The zero-order chi connectivity index (χ0) is 14.9. The average Bonchev–Trinajstić information content (AvgIpc) is 2.39. The van der Waals surface area contributed by atoms with E-state index in [0.29, 0.717) is 17.8 Å². The maximum absolute atomic E-state index is 14.2. The smallest absolute Gasteiger partial charge is 0.222 e. The first-order valence-corrected chi connectivity index (χ1v) is 6.76. The van der Waals surface area contributed by atoms with E-state index in [1.807, 2.05) is 11.8 Å². The number of carbonyl (C=O) groups excluding carboxylic acids is 2. The van der Waals surface area contributed by atoms with E-state index >= 15 is 0 Å². The highest BCUT2D eigenvalue weighted by Crippen LogP contribution is 2.30. The van der Waals surface area contributed by atoms with Crippen LogP contribution in [-0.2, 0) is 4.79 Å². The van der Waals surface area contributed by atoms with Crippen LogP contribution in [0.4, 0.5) is 10.1 Å². The third-order valence-electron chi connectivity index (χ3n) is 3.95. The number of halogens is 1. The summed E-state index contributed by atoms with van der Waals surface area (Å²) in [5.74, 6) is -1.20. The number of hydrogen-bond donors (Lipinski definition) is 1. The molecule has 2 N–H and O–H groups in total. The van der Waals surface area contributed by atoms with Crippen LogP contribution in [0.3, 0.4) is 0 Å². The van der Waals surface area contributed by atoms with Gasteiger partial charge in [0.05, 0.1) is 11.6 Å². The van der Waals surface area contributed by atoms with Gasteiger partial charge < -0.3 is 10.6 Å². The van der Waals surface area contributed by atoms with Crippen molar-refractivity contribution in [3.63, 3.8) is 0 Å². The van der Waals surface area contributed by atoms with Crippen molar-refractivity contribution in [2.75, 3.05) is 11.4 Å². The quantitative estimate of drug-likeness (QED) is 0.861. The summed E-state index contributed by atoms with van der Waals surface area (Å²) in [6.45, 7) is 3.82. The Morgan fingerprint density at radius 1 is 1.35 bits per heavy atom. The molecular formula is C15H19FN2O2. The van der Waals surface area contributed by atoms with Crippen molar-refractivity contribution < 1.29 is 14.0 Å². The number of rotatable bonds is 3. The highest BCUT2D eigenvalue weighted by atomic mass is 19.1. The maximum Gasteiger partial charge on any atom is 0.222 e. The van der Waals surface area contributed by atoms with Crippen molar-refractivity contribution in [3.8, 4) is 0 Å². The number of nitrogens with two attached hydrogens (primary N) is 1. The summed E-state index contributed by atoms with van der Waals surface area (Å²) in [5.41, 5.74) is 6.12. The van der Waals surface area contributed by atoms with Gasteiger partial charge in [-0.1, -0.05) is 0 Å². The Labute approximate surface area is 117 Å². The van der Waals surface area contributed by atoms with Crippen LogP contribution in [0.1, 0.15) is 37.0 Å². The van der Waals surface area contributed by atoms with E-state index in [9.17, 15) is 14.0 Å². The van der Waals surface area contributed by atoms with Crippen LogP contribution in [0.2, 0.25) is 0 Å². The van der Waals surface area contributed by atoms with Gasteiger partial charge in [-0.15, -0.1) is 0 Å². The number of anilines is 1. The van der Waals surface area contributed by atoms with Crippen molar-refractivity contribution in [3.05, 3.63) is 29.6 Å². The second-order valence-electron chi connectivity index (χ2n) is 5.40. The second-order valence-corrected chi connectivity index (χ2v) is 5.40. The normalized spacial score (nSPS) is 22.6. The number of hydrogen-bond acceptors (Lipinski definition) is 3. The zero-order valence-corrected chi connectivity index (χ0v) is 11.7. The van der Waals surface area contributed by atoms with E-state index in [1.54, 1.807) is 12.1 Å². The van der Waals surface area contributed by atoms with Gasteiger partial charge in [0.25, 0.3) is 0 Å². The average molecular weight is 278 g/mol. The molecular weight excluding hydrogens is 259 g/mol. The molecule has 2 unspecified atom stereocenters. The molecule has 0 bridgehead atoms. The number of ketones is 1. The van der Waals surface area contributed by atoms with Crippen molar-refractivity contribution in [1.82, 2.24) is 0 Å². The molecule has 4 nitrogen and oxygen atoms in total. The van der Waals surface area contributed by atoms with Gasteiger partial charge in [-0.3, -0.25) is 9.59 Å². The molecule has 20 heavy (non-hydrogen) atoms. The van der Waals surface area contributed by atoms with E-state index in [2.05, 4.69) is 0 Å². The summed E-state index contributed by atoms with van der Waals surface area (Å²) in [5, 5.41) is 0. The number of benzene rings is 1. The predicted molar refractivity (Wildman–Crippen MR) is 75.1 cm³/mol. The van der Waals surface area contributed by atoms with E-state index in [4.69, 9.17) is 5.73 Å². The molecule has 2 rings (SSSR count). The Balaban J connectivity index is 2.29. The number of primary amides is 1. The highest BCUT2D eigenvalue weighted by molar-refractivity contribution is 5.94. The van der Waals surface area contributed by atoms with Gasteiger partial charge >= 0.3 is 0 Å². The van der Waals surface area contributed by atoms with Gasteiger partial charge in [0, 0.05) is 18.2 Å². The molecule has 0 spiro atoms. The van der Waals surface area contributed by atoms with Gasteiger partial charge in [-0.25, -0.2) is 4.39 Å². The SMILES string of the molecule is CC(=O)c1ccc(N2CC(C(N)=O)CCC2C)c(F)c1. The third kappa shape index (κ3) is 2.81. The van der Waals surface area contributed by atoms with Gasteiger partial charge in [0.15, 0.2) is 5.78 Å². The highest BCUT2D eigenvalue weighted by Gasteiger charge is 2.30. The summed E-state index contributed by atoms with van der Waals surface area (Å²) >= 11 is 0. The van der Waals surface area contributed by atoms with Crippen molar-refractivity contribution in [1.29, 1.82) is 0 Å². The van der Waals surface area contributed by atoms with Gasteiger partial charge in [-0.2, -0.15) is 0 Å². The van der Waals surface area contributed by atoms with Crippen molar-refractivity contribution in [2.45, 2.75) is 32.7 Å². The number of nitrogens with zero attached hydrogens (tertiary/aromatic N) is 1. The minimum Gasteiger partial charge on any atom is -0.369 e. The lowest BCUT2D eigenvalue weighted by atomic mass is 9.92. The Morgan fingerprint density at radius 2 is 2.05 bits per heavy atom. The van der Waals surface area contributed by atoms with Crippen LogP contribution in [0, 0.1) is 11.7 Å². The topological polar surface area (TPSA) is 63.4 Å². The molecule has 1 fully saturated rings. The first-order valence-electron chi connectivity index (χ1n) is 6.76. The van der Waals surface area contributed by atoms with E-state index < -0.39 is 5.82 Å². The molecule has 5 heteroatoms. The molecule has 0 aromatic heterocycles. The molecule has 0 aliphatic carbocycles. The summed E-state index contributed by atoms with van der Waals surface area (Å²) in [6.07, 6.45) is 1.53. The Kier molecular flexibility index (Phi) is 4.06. The van der Waals surface area contributed by atoms with Gasteiger partial charge in [-0.05, 0) is 44.9 Å². The first-order chi connectivity index (χ1) is 9.40. The predicted octanol–water partition coefficient (Wildman–Crippen LogP) is 2.12. The molecule has 0 saturated carbocycles. The van der Waals surface area contributed by atoms with Gasteiger partial charge in [0.1, 0.15) is 5.82 Å². The minimum atomic E-state index is -0.435. The molecule has 2 atom stereocenters. The number of Topliss-reactive ketones (excluding diaryl/α,β-unsaturated/α-hetero) is 1. The minimum absolute atomic E-state index is 0.142. The summed E-state index contributed by atoms with van der Waals surface area (Å²) in [4.78, 5) is 24.4. The molecule has 1 aliphatic rings. The van der Waals surface area contributed by atoms with Crippen LogP contribution in [0.25, 0.3) is 0 Å². The molecule has 1 heterocycles. The second kappa shape index (κ2) is 5.61. The van der Waals surface area contributed by atoms with E-state index in [-0.39, 0.29) is 23.7 Å². The Hall–Kier alpha value is -1.91. The lowest BCUT2D eigenvalue weighted by Gasteiger charge is -2.38. The largest absolute Gasteiger partial charge is 0.369 e. The first kappa shape index (κ1) is 14.5. The fourth-order valence-electron chi connectivity index (χ4n) is 2.63. The Bertz CT molecular complexity index is 545. The molecule has 1 aromatic rings. The molecule has 108 valence electrons. The molecule has 1 amide bonds. The van der Waals surface area contributed by atoms with Crippen LogP contribution in [-0.4, -0.2) is 24.3 Å². The van der Waals surface area contributed by atoms with Crippen molar-refractivity contribution in [2.24, 2.45) is 11.7 Å². The summed E-state index contributed by atoms with van der Waals surface area (Å²) < 4.78 is 14.2. The molecule has 1 aromatic carbocycles. The van der Waals surface area contributed by atoms with Crippen LogP contribution in [0.15, 0.2) is 18.2 Å². The number of piperidine rings is 1. The van der Waals surface area contributed by atoms with Crippen LogP contribution >= 0.6 is 0 Å². The van der Waals surface area contributed by atoms with Gasteiger partial charge in [0.2, 0.25) is 5.91 Å². The number of carbonyl (C=O) groups is 2. The molecule has 1 saturated heterocycles. The van der Waals surface area contributed by atoms with E-state index in [0.717, 1.165) is 12.8 Å². The number of amides is 1. The third-order valence-corrected chi connectivity index (χ3v) is 3.95. The molecule has 0 radical (unpaired) electrons. The lowest BCUT2D eigenvalue weighted by molar-refractivity contribution is -0.122. The van der Waals surface area contributed by atoms with E-state index in [1.165, 1.54) is 13.0 Å². The van der Waals surface area contributed by atoms with Crippen LogP contribution < -0.4 is 10.6 Å². The summed E-state index contributed by atoms with van der Waals surface area (Å²) in [7, 11) is 0. The summed E-state index contributed by atoms with van der Waals surface area (Å²) in [6, 6.07) is 4.61. The fourth-order valence-corrected chi connectivity index (χ4v) is 2.63. The lowest BCUT2D eigenvalue weighted by Crippen LogP contribution is -2.46. The fraction of sp³-hybridized carbons (Fsp3) is 0.467. The Morgan fingerprint density at radius 3 is 2.60 bits per heavy atom. The standard InChI is InChI=1S/C15H19FN2O2/c1-9-3-4-12(15(17)20)8-18(9)14-6-5-11(10(2)19)7-13(14)16/h5-7,9,12H,3-4,8H2,1-2H3,(H2,17,20). The zero-order valence-electron chi connectivity index (χ0n) is 11.7. The maximum atomic E-state index is 14.2. The van der Waals surface area contributed by atoms with Crippen molar-refractivity contribution >= 4 is 17.4 Å². The van der Waals surface area contributed by atoms with Crippen LogP contribution in [0.5, 0.6) is 0 Å².